The Kier molecular flexibility index (Phi) is 4.92. The van der Waals surface area contributed by atoms with Crippen molar-refractivity contribution in [1.82, 2.24) is 18.7 Å². The molecule has 0 aromatic heterocycles. The highest BCUT2D eigenvalue weighted by molar-refractivity contribution is 8.17. The molecule has 0 heterocycles. The van der Waals surface area contributed by atoms with E-state index in [0.717, 1.165) is 10.0 Å². The van der Waals surface area contributed by atoms with Crippen molar-refractivity contribution in [3.63, 3.8) is 0 Å². The maximum Gasteiger partial charge on any atom is 0.327 e. The Balaban J connectivity index is 5.30. The number of hydrogen-bond acceptors (Lipinski definition) is 6. The van der Waals surface area contributed by atoms with Gasteiger partial charge < -0.3 is 0 Å². The van der Waals surface area contributed by atoms with Crippen LogP contribution in [0.5, 0.6) is 0 Å². The van der Waals surface area contributed by atoms with Gasteiger partial charge in [0.1, 0.15) is 0 Å². The van der Waals surface area contributed by atoms with E-state index in [1.54, 1.807) is 0 Å². The monoisotopic (exact) mass is 280 g/mol. The van der Waals surface area contributed by atoms with Gasteiger partial charge in [0.15, 0.2) is 0 Å². The third kappa shape index (κ3) is 4.59. The molecule has 0 unspecified atom stereocenters. The van der Waals surface area contributed by atoms with Crippen molar-refractivity contribution >= 4 is 30.1 Å². The molecule has 1 N–H and O–H groups in total. The zero-order valence-corrected chi connectivity index (χ0v) is 11.1. The van der Waals surface area contributed by atoms with Crippen molar-refractivity contribution < 1.29 is 16.8 Å². The molecule has 0 aliphatic heterocycles. The topological polar surface area (TPSA) is 90.0 Å². The smallest absolute Gasteiger partial charge is 0.236 e. The largest absolute Gasteiger partial charge is 0.327 e. The highest BCUT2D eigenvalue weighted by atomic mass is 35.7. The van der Waals surface area contributed by atoms with Crippen molar-refractivity contribution in [2.45, 2.75) is 0 Å². The highest BCUT2D eigenvalue weighted by Gasteiger charge is 2.35. The summed E-state index contributed by atoms with van der Waals surface area (Å²) in [6.45, 7) is 0. The maximum absolute atomic E-state index is 11.5. The van der Waals surface area contributed by atoms with E-state index in [4.69, 9.17) is 10.7 Å². The average Bonchev–Trinajstić information content (AvgIpc) is 1.74. The van der Waals surface area contributed by atoms with Crippen LogP contribution in [0.15, 0.2) is 0 Å². The van der Waals surface area contributed by atoms with Gasteiger partial charge in [-0.1, -0.05) is 0 Å². The van der Waals surface area contributed by atoms with Gasteiger partial charge >= 0.3 is 19.4 Å². The summed E-state index contributed by atoms with van der Waals surface area (Å²) < 4.78 is 45.0. The summed E-state index contributed by atoms with van der Waals surface area (Å²) in [7, 11) is 1.56. The van der Waals surface area contributed by atoms with Gasteiger partial charge in [0, 0.05) is 42.7 Å². The maximum atomic E-state index is 11.5. The zero-order valence-electron chi connectivity index (χ0n) is 8.67. The molecular formula is C4H13ClN4O4S2. The molecule has 0 fully saturated rings. The summed E-state index contributed by atoms with van der Waals surface area (Å²) in [6, 6.07) is 0. The first-order chi connectivity index (χ1) is 6.48. The molecule has 92 valence electrons. The van der Waals surface area contributed by atoms with E-state index in [-0.39, 0.29) is 3.82 Å². The molecule has 0 saturated heterocycles. The van der Waals surface area contributed by atoms with Gasteiger partial charge in [-0.25, -0.2) is 10.0 Å². The summed E-state index contributed by atoms with van der Waals surface area (Å²) in [6.07, 6.45) is 0. The highest BCUT2D eigenvalue weighted by Crippen LogP contribution is 2.12. The molecule has 0 radical (unpaired) electrons. The number of halogens is 1. The van der Waals surface area contributed by atoms with Crippen molar-refractivity contribution in [3.8, 4) is 0 Å². The molecule has 0 saturated carbocycles. The van der Waals surface area contributed by atoms with Crippen LogP contribution in [0.1, 0.15) is 0 Å². The quantitative estimate of drug-likeness (QED) is 0.490. The fourth-order valence-corrected chi connectivity index (χ4v) is 4.22. The van der Waals surface area contributed by atoms with Crippen LogP contribution in [-0.2, 0) is 19.4 Å². The first-order valence-electron chi connectivity index (χ1n) is 3.60. The second-order valence-electron chi connectivity index (χ2n) is 2.96. The van der Waals surface area contributed by atoms with E-state index in [1.165, 1.54) is 28.2 Å². The van der Waals surface area contributed by atoms with E-state index in [0.29, 0.717) is 0 Å². The standard InChI is InChI=1S/C4H13ClN4O4S2/c1-7(2)6-15(12,13)9(8(3)4)14(5,10)11/h6H,1-4H3. The Morgan fingerprint density at radius 1 is 1.00 bits per heavy atom. The third-order valence-electron chi connectivity index (χ3n) is 1.02. The Bertz CT molecular complexity index is 402. The van der Waals surface area contributed by atoms with Gasteiger partial charge in [0.25, 0.3) is 0 Å². The lowest BCUT2D eigenvalue weighted by atomic mass is 11.2. The van der Waals surface area contributed by atoms with Crippen LogP contribution in [0.2, 0.25) is 0 Å². The lowest BCUT2D eigenvalue weighted by molar-refractivity contribution is 0.214. The summed E-state index contributed by atoms with van der Waals surface area (Å²) >= 11 is 0. The summed E-state index contributed by atoms with van der Waals surface area (Å²) in [5.41, 5.74) is 0. The Morgan fingerprint density at radius 3 is 1.60 bits per heavy atom. The molecule has 0 atom stereocenters. The van der Waals surface area contributed by atoms with E-state index < -0.39 is 19.4 Å². The van der Waals surface area contributed by atoms with Gasteiger partial charge in [0.2, 0.25) is 0 Å². The van der Waals surface area contributed by atoms with Gasteiger partial charge in [0.05, 0.1) is 0 Å². The molecule has 0 aromatic carbocycles. The van der Waals surface area contributed by atoms with Crippen LogP contribution in [0.3, 0.4) is 0 Å². The number of rotatable bonds is 5. The predicted molar refractivity (Wildman–Crippen MR) is 56.0 cm³/mol. The Hall–Kier alpha value is 0.0300. The van der Waals surface area contributed by atoms with Crippen molar-refractivity contribution in [1.29, 1.82) is 0 Å². The predicted octanol–water partition coefficient (Wildman–Crippen LogP) is -1.44. The molecule has 11 heteroatoms. The molecule has 0 aliphatic rings. The number of hydrazine groups is 2. The van der Waals surface area contributed by atoms with Crippen molar-refractivity contribution in [2.24, 2.45) is 0 Å². The van der Waals surface area contributed by atoms with Gasteiger partial charge in [-0.2, -0.15) is 16.8 Å². The lowest BCUT2D eigenvalue weighted by Crippen LogP contribution is -2.52. The number of nitrogens with zero attached hydrogens (tertiary/aromatic N) is 3. The van der Waals surface area contributed by atoms with Crippen LogP contribution in [0, 0.1) is 0 Å². The second kappa shape index (κ2) is 4.91. The molecule has 15 heavy (non-hydrogen) atoms. The fraction of sp³-hybridized carbons (Fsp3) is 1.00. The molecule has 0 amide bonds. The minimum absolute atomic E-state index is 0.0293. The first kappa shape index (κ1) is 15.0. The summed E-state index contributed by atoms with van der Waals surface area (Å²) in [4.78, 5) is 1.93. The van der Waals surface area contributed by atoms with E-state index in [2.05, 4.69) is 0 Å². The third-order valence-corrected chi connectivity index (χ3v) is 4.87. The average molecular weight is 281 g/mol. The van der Waals surface area contributed by atoms with Gasteiger partial charge in [-0.15, -0.1) is 4.83 Å². The lowest BCUT2D eigenvalue weighted by Gasteiger charge is -2.25. The summed E-state index contributed by atoms with van der Waals surface area (Å²) in [5, 5.41) is 1.90. The fourth-order valence-electron chi connectivity index (χ4n) is 0.793. The van der Waals surface area contributed by atoms with E-state index >= 15 is 0 Å². The zero-order chi connectivity index (χ0) is 12.4. The van der Waals surface area contributed by atoms with Crippen molar-refractivity contribution in [2.75, 3.05) is 28.2 Å². The van der Waals surface area contributed by atoms with Crippen molar-refractivity contribution in [3.05, 3.63) is 0 Å². The van der Waals surface area contributed by atoms with E-state index in [1.807, 2.05) is 4.83 Å². The molecule has 8 nitrogen and oxygen atoms in total. The molecule has 0 aromatic rings. The summed E-state index contributed by atoms with van der Waals surface area (Å²) in [5.74, 6) is 0. The molecule has 0 bridgehead atoms. The van der Waals surface area contributed by atoms with Crippen LogP contribution in [-0.4, -0.2) is 58.9 Å². The Labute approximate surface area is 94.1 Å². The van der Waals surface area contributed by atoms with Crippen LogP contribution < -0.4 is 4.83 Å². The molecule has 0 aliphatic carbocycles. The van der Waals surface area contributed by atoms with Gasteiger partial charge in [-0.05, 0) is 0 Å². The minimum atomic E-state index is -4.41. The van der Waals surface area contributed by atoms with E-state index in [9.17, 15) is 16.8 Å². The van der Waals surface area contributed by atoms with Crippen LogP contribution >= 0.6 is 10.7 Å². The number of hydrogen-bond donors (Lipinski definition) is 1. The van der Waals surface area contributed by atoms with Crippen LogP contribution in [0.4, 0.5) is 0 Å². The Morgan fingerprint density at radius 2 is 1.40 bits per heavy atom. The number of nitrogens with one attached hydrogen (secondary N) is 1. The first-order valence-corrected chi connectivity index (χ1v) is 7.31. The van der Waals surface area contributed by atoms with Crippen LogP contribution in [0.25, 0.3) is 0 Å². The normalized spacial score (nSPS) is 14.1. The molecular weight excluding hydrogens is 268 g/mol. The molecule has 0 rings (SSSR count). The molecule has 0 spiro atoms. The van der Waals surface area contributed by atoms with Gasteiger partial charge in [-0.3, -0.25) is 0 Å². The SMILES string of the molecule is CN(C)NS(=O)(=O)N(N(C)C)S(=O)(=O)Cl. The second-order valence-corrected chi connectivity index (χ2v) is 7.01. The minimum Gasteiger partial charge on any atom is -0.236 e.